The first-order chi connectivity index (χ1) is 7.99. The Kier molecular flexibility index (Phi) is 3.26. The van der Waals surface area contributed by atoms with E-state index in [0.717, 1.165) is 0 Å². The summed E-state index contributed by atoms with van der Waals surface area (Å²) < 4.78 is 0. The lowest BCUT2D eigenvalue weighted by Crippen LogP contribution is -2.27. The Hall–Kier alpha value is -1.27. The zero-order chi connectivity index (χ0) is 12.6. The molecule has 0 aliphatic carbocycles. The van der Waals surface area contributed by atoms with Crippen LogP contribution in [0.3, 0.4) is 0 Å². The molecule has 1 fully saturated rings. The number of carbonyl (C=O) groups excluding carboxylic acids is 1. The first-order valence-corrected chi connectivity index (χ1v) is 5.76. The molecular weight excluding hydrogens is 264 g/mol. The summed E-state index contributed by atoms with van der Waals surface area (Å²) in [5, 5.41) is 9.08. The van der Waals surface area contributed by atoms with Gasteiger partial charge in [-0.25, -0.2) is 9.78 Å². The summed E-state index contributed by atoms with van der Waals surface area (Å²) in [6.45, 7) is 0.343. The number of hydrogen-bond donors (Lipinski definition) is 2. The minimum Gasteiger partial charge on any atom is -0.478 e. The van der Waals surface area contributed by atoms with Crippen molar-refractivity contribution in [3.05, 3.63) is 22.8 Å². The van der Waals surface area contributed by atoms with Crippen LogP contribution in [0.2, 0.25) is 5.15 Å². The number of rotatable bonds is 2. The number of aromatic nitrogens is 1. The molecule has 7 heteroatoms. The van der Waals surface area contributed by atoms with Crippen molar-refractivity contribution in [1.82, 2.24) is 4.98 Å². The SMILES string of the molecule is O=C(O)c1ccc(Cl)nc1N1CC(S)CC1=O. The second-order valence-electron chi connectivity index (χ2n) is 3.67. The van der Waals surface area contributed by atoms with Gasteiger partial charge >= 0.3 is 5.97 Å². The van der Waals surface area contributed by atoms with Gasteiger partial charge in [-0.1, -0.05) is 11.6 Å². The maximum absolute atomic E-state index is 11.7. The summed E-state index contributed by atoms with van der Waals surface area (Å²) in [7, 11) is 0. The van der Waals surface area contributed by atoms with Crippen LogP contribution in [0.15, 0.2) is 12.1 Å². The molecule has 0 saturated carbocycles. The summed E-state index contributed by atoms with van der Waals surface area (Å²) in [4.78, 5) is 27.9. The Labute approximate surface area is 108 Å². The number of anilines is 1. The molecule has 90 valence electrons. The van der Waals surface area contributed by atoms with Crippen molar-refractivity contribution >= 4 is 41.9 Å². The van der Waals surface area contributed by atoms with Gasteiger partial charge in [-0.2, -0.15) is 12.6 Å². The predicted octanol–water partition coefficient (Wildman–Crippen LogP) is 1.47. The van der Waals surface area contributed by atoms with Crippen molar-refractivity contribution in [2.75, 3.05) is 11.4 Å². The largest absolute Gasteiger partial charge is 0.478 e. The summed E-state index contributed by atoms with van der Waals surface area (Å²) in [6.07, 6.45) is 0.274. The summed E-state index contributed by atoms with van der Waals surface area (Å²) >= 11 is 9.93. The standard InChI is InChI=1S/C10H9ClN2O3S/c11-7-2-1-6(10(15)16)9(12-7)13-4-5(17)3-8(13)14/h1-2,5,17H,3-4H2,(H,15,16). The van der Waals surface area contributed by atoms with Gasteiger partial charge in [0.25, 0.3) is 0 Å². The fourth-order valence-corrected chi connectivity index (χ4v) is 2.15. The zero-order valence-corrected chi connectivity index (χ0v) is 10.3. The number of carbonyl (C=O) groups is 2. The van der Waals surface area contributed by atoms with Gasteiger partial charge < -0.3 is 5.11 Å². The molecule has 1 aromatic rings. The van der Waals surface area contributed by atoms with Crippen LogP contribution in [0.1, 0.15) is 16.8 Å². The second-order valence-corrected chi connectivity index (χ2v) is 4.79. The molecule has 1 aliphatic heterocycles. The molecule has 1 aromatic heterocycles. The molecule has 2 rings (SSSR count). The molecule has 1 atom stereocenters. The maximum Gasteiger partial charge on any atom is 0.339 e. The number of carboxylic acid groups (broad SMARTS) is 1. The van der Waals surface area contributed by atoms with Crippen molar-refractivity contribution in [3.8, 4) is 0 Å². The monoisotopic (exact) mass is 272 g/mol. The quantitative estimate of drug-likeness (QED) is 0.632. The first kappa shape index (κ1) is 12.2. The van der Waals surface area contributed by atoms with Crippen LogP contribution in [0.25, 0.3) is 0 Å². The van der Waals surface area contributed by atoms with E-state index < -0.39 is 5.97 Å². The fraction of sp³-hybridized carbons (Fsp3) is 0.300. The molecule has 5 nitrogen and oxygen atoms in total. The minimum absolute atomic E-state index is 0.0369. The molecule has 2 heterocycles. The van der Waals surface area contributed by atoms with Gasteiger partial charge in [-0.3, -0.25) is 9.69 Å². The van der Waals surface area contributed by atoms with E-state index in [1.807, 2.05) is 0 Å². The number of pyridine rings is 1. The molecule has 1 N–H and O–H groups in total. The normalized spacial score (nSPS) is 19.8. The number of carboxylic acids is 1. The fourth-order valence-electron chi connectivity index (χ4n) is 1.69. The smallest absolute Gasteiger partial charge is 0.339 e. The number of nitrogens with zero attached hydrogens (tertiary/aromatic N) is 2. The van der Waals surface area contributed by atoms with E-state index in [1.165, 1.54) is 17.0 Å². The summed E-state index contributed by atoms with van der Waals surface area (Å²) in [6, 6.07) is 2.72. The number of thiol groups is 1. The minimum atomic E-state index is -1.14. The van der Waals surface area contributed by atoms with Crippen LogP contribution in [0, 0.1) is 0 Å². The third-order valence-electron chi connectivity index (χ3n) is 2.43. The molecule has 1 saturated heterocycles. The van der Waals surface area contributed by atoms with Gasteiger partial charge in [0, 0.05) is 18.2 Å². The van der Waals surface area contributed by atoms with Gasteiger partial charge in [0.15, 0.2) is 5.82 Å². The summed E-state index contributed by atoms with van der Waals surface area (Å²) in [5.74, 6) is -1.24. The lowest BCUT2D eigenvalue weighted by atomic mass is 10.2. The van der Waals surface area contributed by atoms with Crippen LogP contribution < -0.4 is 4.90 Å². The van der Waals surface area contributed by atoms with Crippen molar-refractivity contribution in [2.24, 2.45) is 0 Å². The molecule has 1 amide bonds. The van der Waals surface area contributed by atoms with E-state index in [9.17, 15) is 9.59 Å². The van der Waals surface area contributed by atoms with Gasteiger partial charge in [0.05, 0.1) is 0 Å². The van der Waals surface area contributed by atoms with Gasteiger partial charge in [-0.15, -0.1) is 0 Å². The topological polar surface area (TPSA) is 70.5 Å². The average Bonchev–Trinajstić information content (AvgIpc) is 2.57. The van der Waals surface area contributed by atoms with Crippen LogP contribution >= 0.6 is 24.2 Å². The predicted molar refractivity (Wildman–Crippen MR) is 66.0 cm³/mol. The van der Waals surface area contributed by atoms with Gasteiger partial charge in [0.2, 0.25) is 5.91 Å². The highest BCUT2D eigenvalue weighted by Gasteiger charge is 2.32. The molecule has 1 aliphatic rings. The van der Waals surface area contributed by atoms with Gasteiger partial charge in [-0.05, 0) is 12.1 Å². The average molecular weight is 273 g/mol. The molecule has 17 heavy (non-hydrogen) atoms. The maximum atomic E-state index is 11.7. The Morgan fingerprint density at radius 3 is 2.82 bits per heavy atom. The van der Waals surface area contributed by atoms with Crippen molar-refractivity contribution in [1.29, 1.82) is 0 Å². The zero-order valence-electron chi connectivity index (χ0n) is 8.63. The Morgan fingerprint density at radius 2 is 2.29 bits per heavy atom. The van der Waals surface area contributed by atoms with E-state index in [1.54, 1.807) is 0 Å². The molecular formula is C10H9ClN2O3S. The van der Waals surface area contributed by atoms with Crippen LogP contribution in [-0.4, -0.2) is 33.8 Å². The highest BCUT2D eigenvalue weighted by Crippen LogP contribution is 2.27. The van der Waals surface area contributed by atoms with Crippen LogP contribution in [0.5, 0.6) is 0 Å². The Bertz CT molecular complexity index is 494. The highest BCUT2D eigenvalue weighted by molar-refractivity contribution is 7.81. The van der Waals surface area contributed by atoms with E-state index >= 15 is 0 Å². The number of halogens is 1. The highest BCUT2D eigenvalue weighted by atomic mass is 35.5. The van der Waals surface area contributed by atoms with Crippen LogP contribution in [0.4, 0.5) is 5.82 Å². The molecule has 1 unspecified atom stereocenters. The summed E-state index contributed by atoms with van der Waals surface area (Å²) in [5.41, 5.74) is -0.0369. The first-order valence-electron chi connectivity index (χ1n) is 4.87. The van der Waals surface area contributed by atoms with Crippen molar-refractivity contribution < 1.29 is 14.7 Å². The molecule has 0 bridgehead atoms. The van der Waals surface area contributed by atoms with Crippen molar-refractivity contribution in [2.45, 2.75) is 11.7 Å². The molecule has 0 spiro atoms. The van der Waals surface area contributed by atoms with E-state index in [-0.39, 0.29) is 34.1 Å². The number of hydrogen-bond acceptors (Lipinski definition) is 4. The Balaban J connectivity index is 2.46. The lowest BCUT2D eigenvalue weighted by molar-refractivity contribution is -0.117. The third-order valence-corrected chi connectivity index (χ3v) is 2.99. The molecule has 0 aromatic carbocycles. The van der Waals surface area contributed by atoms with E-state index in [4.69, 9.17) is 16.7 Å². The number of aromatic carboxylic acids is 1. The lowest BCUT2D eigenvalue weighted by Gasteiger charge is -2.17. The number of amides is 1. The van der Waals surface area contributed by atoms with E-state index in [2.05, 4.69) is 17.6 Å². The van der Waals surface area contributed by atoms with Gasteiger partial charge in [0.1, 0.15) is 10.7 Å². The van der Waals surface area contributed by atoms with E-state index in [0.29, 0.717) is 6.54 Å². The third kappa shape index (κ3) is 2.37. The molecule has 0 radical (unpaired) electrons. The Morgan fingerprint density at radius 1 is 1.59 bits per heavy atom. The second kappa shape index (κ2) is 4.54. The van der Waals surface area contributed by atoms with Crippen LogP contribution in [-0.2, 0) is 4.79 Å². The van der Waals surface area contributed by atoms with Crippen molar-refractivity contribution in [3.63, 3.8) is 0 Å².